The van der Waals surface area contributed by atoms with Crippen molar-refractivity contribution in [2.24, 2.45) is 0 Å². The molecule has 1 heteroatoms. The first kappa shape index (κ1) is 11.7. The van der Waals surface area contributed by atoms with Gasteiger partial charge >= 0.3 is 0 Å². The van der Waals surface area contributed by atoms with Crippen LogP contribution in [0.25, 0.3) is 0 Å². The van der Waals surface area contributed by atoms with Crippen LogP contribution in [0.2, 0.25) is 0 Å². The molecule has 2 rings (SSSR count). The van der Waals surface area contributed by atoms with Crippen LogP contribution in [0.3, 0.4) is 0 Å². The van der Waals surface area contributed by atoms with E-state index in [2.05, 4.69) is 44.4 Å². The third-order valence-corrected chi connectivity index (χ3v) is 4.12. The molecule has 0 aromatic heterocycles. The molecule has 1 aromatic carbocycles. The fraction of sp³-hybridized carbons (Fsp3) is 0.600. The van der Waals surface area contributed by atoms with E-state index in [4.69, 9.17) is 0 Å². The normalized spacial score (nSPS) is 18.9. The fourth-order valence-corrected chi connectivity index (χ4v) is 2.98. The standard InChI is InChI=1S/C15H23N/c1-12-6-7-14(13(2)10-12)11-15(16-3)8-4-5-9-15/h6-7,10,16H,4-5,8-9,11H2,1-3H3. The summed E-state index contributed by atoms with van der Waals surface area (Å²) in [5.41, 5.74) is 4.70. The Labute approximate surface area is 99.3 Å². The van der Waals surface area contributed by atoms with Crippen LogP contribution in [-0.4, -0.2) is 12.6 Å². The molecule has 1 aromatic rings. The van der Waals surface area contributed by atoms with Crippen molar-refractivity contribution in [1.82, 2.24) is 5.32 Å². The zero-order valence-electron chi connectivity index (χ0n) is 10.8. The van der Waals surface area contributed by atoms with Crippen LogP contribution < -0.4 is 5.32 Å². The number of hydrogen-bond acceptors (Lipinski definition) is 1. The highest BCUT2D eigenvalue weighted by Crippen LogP contribution is 2.33. The van der Waals surface area contributed by atoms with Gasteiger partial charge in [0.05, 0.1) is 0 Å². The van der Waals surface area contributed by atoms with Crippen molar-refractivity contribution in [2.75, 3.05) is 7.05 Å². The van der Waals surface area contributed by atoms with E-state index < -0.39 is 0 Å². The summed E-state index contributed by atoms with van der Waals surface area (Å²) in [4.78, 5) is 0. The first-order valence-electron chi connectivity index (χ1n) is 6.40. The quantitative estimate of drug-likeness (QED) is 0.818. The van der Waals surface area contributed by atoms with Crippen LogP contribution in [0, 0.1) is 13.8 Å². The lowest BCUT2D eigenvalue weighted by Crippen LogP contribution is -2.42. The molecule has 1 aliphatic rings. The van der Waals surface area contributed by atoms with E-state index in [1.807, 2.05) is 0 Å². The van der Waals surface area contributed by atoms with E-state index in [-0.39, 0.29) is 0 Å². The maximum Gasteiger partial charge on any atom is 0.0218 e. The van der Waals surface area contributed by atoms with Crippen LogP contribution in [-0.2, 0) is 6.42 Å². The summed E-state index contributed by atoms with van der Waals surface area (Å²) in [6.45, 7) is 4.40. The molecule has 0 saturated heterocycles. The van der Waals surface area contributed by atoms with Gasteiger partial charge in [-0.25, -0.2) is 0 Å². The van der Waals surface area contributed by atoms with E-state index in [0.717, 1.165) is 0 Å². The van der Waals surface area contributed by atoms with Gasteiger partial charge in [-0.05, 0) is 51.3 Å². The summed E-state index contributed by atoms with van der Waals surface area (Å²) in [5, 5.41) is 3.57. The lowest BCUT2D eigenvalue weighted by molar-refractivity contribution is 0.356. The molecule has 1 saturated carbocycles. The molecule has 0 unspecified atom stereocenters. The van der Waals surface area contributed by atoms with Crippen LogP contribution >= 0.6 is 0 Å². The number of likely N-dealkylation sites (N-methyl/N-ethyl adjacent to an activating group) is 1. The van der Waals surface area contributed by atoms with Crippen molar-refractivity contribution in [2.45, 2.75) is 51.5 Å². The zero-order valence-corrected chi connectivity index (χ0v) is 10.8. The van der Waals surface area contributed by atoms with Crippen LogP contribution in [0.4, 0.5) is 0 Å². The largest absolute Gasteiger partial charge is 0.314 e. The molecule has 0 amide bonds. The Bertz CT molecular complexity index is 362. The predicted molar refractivity (Wildman–Crippen MR) is 69.9 cm³/mol. The topological polar surface area (TPSA) is 12.0 Å². The molecule has 0 aliphatic heterocycles. The molecule has 1 aliphatic carbocycles. The Kier molecular flexibility index (Phi) is 3.34. The average Bonchev–Trinajstić information content (AvgIpc) is 2.72. The number of rotatable bonds is 3. The van der Waals surface area contributed by atoms with Gasteiger partial charge in [0.1, 0.15) is 0 Å². The van der Waals surface area contributed by atoms with E-state index >= 15 is 0 Å². The minimum absolute atomic E-state index is 0.375. The fourth-order valence-electron chi connectivity index (χ4n) is 2.98. The Morgan fingerprint density at radius 2 is 1.88 bits per heavy atom. The van der Waals surface area contributed by atoms with Gasteiger partial charge in [-0.2, -0.15) is 0 Å². The Morgan fingerprint density at radius 1 is 1.19 bits per heavy atom. The van der Waals surface area contributed by atoms with Gasteiger partial charge in [-0.1, -0.05) is 36.6 Å². The van der Waals surface area contributed by atoms with Gasteiger partial charge in [0, 0.05) is 5.54 Å². The second-order valence-electron chi connectivity index (χ2n) is 5.34. The molecule has 0 spiro atoms. The van der Waals surface area contributed by atoms with E-state index in [0.29, 0.717) is 5.54 Å². The molecule has 1 N–H and O–H groups in total. The van der Waals surface area contributed by atoms with Crippen molar-refractivity contribution in [1.29, 1.82) is 0 Å². The Hall–Kier alpha value is -0.820. The smallest absolute Gasteiger partial charge is 0.0218 e. The zero-order chi connectivity index (χ0) is 11.6. The lowest BCUT2D eigenvalue weighted by atomic mass is 9.87. The minimum Gasteiger partial charge on any atom is -0.314 e. The molecule has 1 nitrogen and oxygen atoms in total. The van der Waals surface area contributed by atoms with Gasteiger partial charge < -0.3 is 5.32 Å². The van der Waals surface area contributed by atoms with Crippen molar-refractivity contribution in [3.05, 3.63) is 34.9 Å². The summed E-state index contributed by atoms with van der Waals surface area (Å²) < 4.78 is 0. The van der Waals surface area contributed by atoms with Crippen LogP contribution in [0.15, 0.2) is 18.2 Å². The lowest BCUT2D eigenvalue weighted by Gasteiger charge is -2.29. The van der Waals surface area contributed by atoms with Crippen LogP contribution in [0.1, 0.15) is 42.4 Å². The Balaban J connectivity index is 2.19. The summed E-state index contributed by atoms with van der Waals surface area (Å²) in [5.74, 6) is 0. The second-order valence-corrected chi connectivity index (χ2v) is 5.34. The Morgan fingerprint density at radius 3 is 2.44 bits per heavy atom. The molecule has 0 atom stereocenters. The second kappa shape index (κ2) is 4.58. The van der Waals surface area contributed by atoms with Gasteiger partial charge in [0.15, 0.2) is 0 Å². The molecule has 0 radical (unpaired) electrons. The average molecular weight is 217 g/mol. The van der Waals surface area contributed by atoms with E-state index in [1.54, 1.807) is 0 Å². The third kappa shape index (κ3) is 2.30. The molecule has 1 fully saturated rings. The highest BCUT2D eigenvalue weighted by Gasteiger charge is 2.32. The summed E-state index contributed by atoms with van der Waals surface area (Å²) in [6.07, 6.45) is 6.61. The molecule has 0 bridgehead atoms. The predicted octanol–water partition coefficient (Wildman–Crippen LogP) is 3.38. The molecule has 16 heavy (non-hydrogen) atoms. The highest BCUT2D eigenvalue weighted by molar-refractivity contribution is 5.32. The molecular weight excluding hydrogens is 194 g/mol. The first-order chi connectivity index (χ1) is 7.65. The first-order valence-corrected chi connectivity index (χ1v) is 6.40. The third-order valence-electron chi connectivity index (χ3n) is 4.12. The number of hydrogen-bond donors (Lipinski definition) is 1. The number of benzene rings is 1. The van der Waals surface area contributed by atoms with Crippen molar-refractivity contribution in [3.8, 4) is 0 Å². The maximum atomic E-state index is 3.57. The molecule has 88 valence electrons. The maximum absolute atomic E-state index is 3.57. The van der Waals surface area contributed by atoms with E-state index in [9.17, 15) is 0 Å². The summed E-state index contributed by atoms with van der Waals surface area (Å²) in [6, 6.07) is 6.84. The van der Waals surface area contributed by atoms with Gasteiger partial charge in [0.2, 0.25) is 0 Å². The minimum atomic E-state index is 0.375. The highest BCUT2D eigenvalue weighted by atomic mass is 14.9. The van der Waals surface area contributed by atoms with Crippen molar-refractivity contribution < 1.29 is 0 Å². The van der Waals surface area contributed by atoms with Crippen molar-refractivity contribution in [3.63, 3.8) is 0 Å². The number of aryl methyl sites for hydroxylation is 2. The summed E-state index contributed by atoms with van der Waals surface area (Å²) in [7, 11) is 2.12. The van der Waals surface area contributed by atoms with Gasteiger partial charge in [-0.15, -0.1) is 0 Å². The molecular formula is C15H23N. The van der Waals surface area contributed by atoms with Crippen molar-refractivity contribution >= 4 is 0 Å². The molecule has 0 heterocycles. The van der Waals surface area contributed by atoms with E-state index in [1.165, 1.54) is 48.8 Å². The summed E-state index contributed by atoms with van der Waals surface area (Å²) >= 11 is 0. The van der Waals surface area contributed by atoms with Crippen LogP contribution in [0.5, 0.6) is 0 Å². The van der Waals surface area contributed by atoms with Gasteiger partial charge in [0.25, 0.3) is 0 Å². The SMILES string of the molecule is CNC1(Cc2ccc(C)cc2C)CCCC1. The van der Waals surface area contributed by atoms with Gasteiger partial charge in [-0.3, -0.25) is 0 Å². The monoisotopic (exact) mass is 217 g/mol. The number of nitrogens with one attached hydrogen (secondary N) is 1.